The molecular weight excluding hydrogens is 428 g/mol. The highest BCUT2D eigenvalue weighted by atomic mass is 79.9. The molecule has 27 heavy (non-hydrogen) atoms. The molecule has 2 saturated carbocycles. The Kier molecular flexibility index (Phi) is 5.24. The van der Waals surface area contributed by atoms with E-state index in [2.05, 4.69) is 21.2 Å². The lowest BCUT2D eigenvalue weighted by molar-refractivity contribution is 0.0729. The minimum absolute atomic E-state index is 0.0277. The van der Waals surface area contributed by atoms with E-state index in [1.165, 1.54) is 0 Å². The van der Waals surface area contributed by atoms with Crippen LogP contribution in [0.3, 0.4) is 0 Å². The lowest BCUT2D eigenvalue weighted by atomic mass is 10.1. The van der Waals surface area contributed by atoms with E-state index in [0.717, 1.165) is 35.7 Å². The van der Waals surface area contributed by atoms with Crippen LogP contribution in [0.25, 0.3) is 0 Å². The molecule has 2 aromatic rings. The third kappa shape index (κ3) is 4.53. The van der Waals surface area contributed by atoms with Gasteiger partial charge in [-0.2, -0.15) is 0 Å². The van der Waals surface area contributed by atoms with Crippen molar-refractivity contribution in [3.8, 4) is 0 Å². The molecule has 2 amide bonds. The number of halogens is 2. The molecular formula is C21H20BrClN2O2. The van der Waals surface area contributed by atoms with Crippen LogP contribution in [0.4, 0.5) is 0 Å². The first kappa shape index (κ1) is 18.5. The number of carbonyl (C=O) groups is 2. The molecule has 0 atom stereocenters. The van der Waals surface area contributed by atoms with Crippen molar-refractivity contribution in [2.24, 2.45) is 0 Å². The first-order valence-corrected chi connectivity index (χ1v) is 10.3. The zero-order chi connectivity index (χ0) is 19.0. The summed E-state index contributed by atoms with van der Waals surface area (Å²) in [4.78, 5) is 27.1. The van der Waals surface area contributed by atoms with Gasteiger partial charge in [0.15, 0.2) is 0 Å². The molecule has 0 heterocycles. The van der Waals surface area contributed by atoms with E-state index in [-0.39, 0.29) is 17.9 Å². The van der Waals surface area contributed by atoms with E-state index in [9.17, 15) is 9.59 Å². The van der Waals surface area contributed by atoms with Gasteiger partial charge in [0, 0.05) is 28.7 Å². The Balaban J connectivity index is 1.49. The summed E-state index contributed by atoms with van der Waals surface area (Å²) >= 11 is 9.66. The van der Waals surface area contributed by atoms with E-state index in [4.69, 9.17) is 11.6 Å². The van der Waals surface area contributed by atoms with Crippen molar-refractivity contribution in [2.75, 3.05) is 0 Å². The second kappa shape index (κ2) is 7.64. The normalized spacial score (nSPS) is 16.1. The van der Waals surface area contributed by atoms with Crippen LogP contribution in [0.15, 0.2) is 46.9 Å². The monoisotopic (exact) mass is 446 g/mol. The summed E-state index contributed by atoms with van der Waals surface area (Å²) in [5, 5.41) is 3.45. The number of hydrogen-bond donors (Lipinski definition) is 1. The van der Waals surface area contributed by atoms with Crippen molar-refractivity contribution < 1.29 is 9.59 Å². The summed E-state index contributed by atoms with van der Waals surface area (Å²) in [6, 6.07) is 13.4. The maximum Gasteiger partial charge on any atom is 0.255 e. The summed E-state index contributed by atoms with van der Waals surface area (Å²) in [6.07, 6.45) is 4.17. The van der Waals surface area contributed by atoms with E-state index >= 15 is 0 Å². The molecule has 0 bridgehead atoms. The number of rotatable bonds is 6. The maximum atomic E-state index is 13.1. The summed E-state index contributed by atoms with van der Waals surface area (Å²) in [5.41, 5.74) is 2.17. The first-order valence-electron chi connectivity index (χ1n) is 9.17. The highest BCUT2D eigenvalue weighted by Gasteiger charge is 2.34. The second-order valence-electron chi connectivity index (χ2n) is 7.23. The van der Waals surface area contributed by atoms with E-state index < -0.39 is 0 Å². The van der Waals surface area contributed by atoms with Gasteiger partial charge in [0.25, 0.3) is 11.8 Å². The minimum Gasteiger partial charge on any atom is -0.349 e. The van der Waals surface area contributed by atoms with Crippen LogP contribution in [-0.4, -0.2) is 28.8 Å². The van der Waals surface area contributed by atoms with Crippen molar-refractivity contribution in [3.05, 3.63) is 68.7 Å². The van der Waals surface area contributed by atoms with Gasteiger partial charge in [0.2, 0.25) is 0 Å². The van der Waals surface area contributed by atoms with Gasteiger partial charge in [-0.25, -0.2) is 0 Å². The van der Waals surface area contributed by atoms with Gasteiger partial charge in [0.1, 0.15) is 0 Å². The molecule has 1 N–H and O–H groups in total. The predicted molar refractivity (Wildman–Crippen MR) is 109 cm³/mol. The van der Waals surface area contributed by atoms with E-state index in [1.54, 1.807) is 12.1 Å². The molecule has 2 aromatic carbocycles. The third-order valence-electron chi connectivity index (χ3n) is 4.89. The molecule has 2 fully saturated rings. The zero-order valence-corrected chi connectivity index (χ0v) is 17.1. The second-order valence-corrected chi connectivity index (χ2v) is 8.56. The van der Waals surface area contributed by atoms with Crippen LogP contribution in [0.5, 0.6) is 0 Å². The Hall–Kier alpha value is -1.85. The molecule has 4 rings (SSSR count). The van der Waals surface area contributed by atoms with Gasteiger partial charge >= 0.3 is 0 Å². The SMILES string of the molecule is O=C(NC1CC1)c1ccc(CN(C(=O)c2cc(Br)ccc2Cl)C2CC2)cc1. The molecule has 0 spiro atoms. The topological polar surface area (TPSA) is 49.4 Å². The standard InChI is InChI=1S/C21H20BrClN2O2/c22-15-5-10-19(23)18(11-15)21(27)25(17-8-9-17)12-13-1-3-14(4-2-13)20(26)24-16-6-7-16/h1-5,10-11,16-17H,6-9,12H2,(H,24,26). The third-order valence-corrected chi connectivity index (χ3v) is 5.71. The summed E-state index contributed by atoms with van der Waals surface area (Å²) < 4.78 is 0.831. The molecule has 2 aliphatic carbocycles. The largest absolute Gasteiger partial charge is 0.349 e. The van der Waals surface area contributed by atoms with Crippen LogP contribution in [-0.2, 0) is 6.54 Å². The molecule has 0 saturated heterocycles. The highest BCUT2D eigenvalue weighted by molar-refractivity contribution is 9.10. The number of carbonyl (C=O) groups excluding carboxylic acids is 2. The molecule has 0 radical (unpaired) electrons. The molecule has 2 aliphatic rings. The number of hydrogen-bond acceptors (Lipinski definition) is 2. The minimum atomic E-state index is -0.0562. The maximum absolute atomic E-state index is 13.1. The molecule has 0 aromatic heterocycles. The van der Waals surface area contributed by atoms with Crippen LogP contribution in [0, 0.1) is 0 Å². The van der Waals surface area contributed by atoms with Crippen molar-refractivity contribution in [1.29, 1.82) is 0 Å². The summed E-state index contributed by atoms with van der Waals surface area (Å²) in [7, 11) is 0. The number of nitrogens with one attached hydrogen (secondary N) is 1. The lowest BCUT2D eigenvalue weighted by Crippen LogP contribution is -2.33. The van der Waals surface area contributed by atoms with Crippen molar-refractivity contribution in [2.45, 2.75) is 44.3 Å². The zero-order valence-electron chi connectivity index (χ0n) is 14.8. The smallest absolute Gasteiger partial charge is 0.255 e. The average molecular weight is 448 g/mol. The van der Waals surface area contributed by atoms with Crippen LogP contribution >= 0.6 is 27.5 Å². The lowest BCUT2D eigenvalue weighted by Gasteiger charge is -2.23. The average Bonchev–Trinajstić information content (AvgIpc) is 3.56. The van der Waals surface area contributed by atoms with Crippen LogP contribution < -0.4 is 5.32 Å². The summed E-state index contributed by atoms with van der Waals surface area (Å²) in [5.74, 6) is -0.0838. The van der Waals surface area contributed by atoms with Gasteiger partial charge in [-0.1, -0.05) is 39.7 Å². The number of amides is 2. The fourth-order valence-corrected chi connectivity index (χ4v) is 3.58. The van der Waals surface area contributed by atoms with Crippen molar-refractivity contribution in [3.63, 3.8) is 0 Å². The first-order chi connectivity index (χ1) is 13.0. The molecule has 0 unspecified atom stereocenters. The fraction of sp³-hybridized carbons (Fsp3) is 0.333. The van der Waals surface area contributed by atoms with Gasteiger partial charge in [-0.15, -0.1) is 0 Å². The number of nitrogens with zero attached hydrogens (tertiary/aromatic N) is 1. The molecule has 0 aliphatic heterocycles. The van der Waals surface area contributed by atoms with Gasteiger partial charge in [-0.05, 0) is 61.6 Å². The van der Waals surface area contributed by atoms with E-state index in [0.29, 0.717) is 28.7 Å². The van der Waals surface area contributed by atoms with Crippen molar-refractivity contribution >= 4 is 39.3 Å². The molecule has 140 valence electrons. The van der Waals surface area contributed by atoms with E-state index in [1.807, 2.05) is 35.2 Å². The van der Waals surface area contributed by atoms with Crippen molar-refractivity contribution in [1.82, 2.24) is 10.2 Å². The Morgan fingerprint density at radius 2 is 1.78 bits per heavy atom. The Labute approximate surface area is 172 Å². The molecule has 6 heteroatoms. The van der Waals surface area contributed by atoms with Gasteiger partial charge in [-0.3, -0.25) is 9.59 Å². The number of benzene rings is 2. The summed E-state index contributed by atoms with van der Waals surface area (Å²) in [6.45, 7) is 0.511. The highest BCUT2D eigenvalue weighted by Crippen LogP contribution is 2.32. The van der Waals surface area contributed by atoms with Gasteiger partial charge in [0.05, 0.1) is 10.6 Å². The Morgan fingerprint density at radius 1 is 1.07 bits per heavy atom. The van der Waals surface area contributed by atoms with Gasteiger partial charge < -0.3 is 10.2 Å². The predicted octanol–water partition coefficient (Wildman–Crippen LogP) is 4.80. The Bertz CT molecular complexity index is 876. The fourth-order valence-electron chi connectivity index (χ4n) is 3.02. The molecule has 4 nitrogen and oxygen atoms in total. The van der Waals surface area contributed by atoms with Crippen LogP contribution in [0.1, 0.15) is 52.0 Å². The van der Waals surface area contributed by atoms with Crippen LogP contribution in [0.2, 0.25) is 5.02 Å². The Morgan fingerprint density at radius 3 is 2.41 bits per heavy atom. The quantitative estimate of drug-likeness (QED) is 0.691.